The molecule has 3 saturated carbocycles. The molecule has 45 heavy (non-hydrogen) atoms. The van der Waals surface area contributed by atoms with Crippen LogP contribution in [0.15, 0.2) is 46.3 Å². The Kier molecular flexibility index (Phi) is 9.15. The molecule has 1 aliphatic heterocycles. The first-order valence-corrected chi connectivity index (χ1v) is 17.3. The maximum absolute atomic E-state index is 14.2. The van der Waals surface area contributed by atoms with Gasteiger partial charge in [-0.05, 0) is 67.2 Å². The standard InChI is InChI=1S/C31H40BrN3O9S/c1-6-19-15-31(19,28(38)42-5)34-26(36)24-14-22(44-45(40,41)23-9-7-20(32)8-10-23)16-35(24)27(37)25(30(2,3)4)33-29(39)43-21-12-17-11-18(17)13-21/h6-10,17-19,21-22,24-25H,1,11-16H2,2-5H3,(H,33,39)(H,34,36)/t17-,18+,19-,21?,22-,24+,25-,31-/m1/s1. The highest BCUT2D eigenvalue weighted by molar-refractivity contribution is 9.10. The number of esters is 1. The van der Waals surface area contributed by atoms with Gasteiger partial charge in [-0.2, -0.15) is 8.42 Å². The van der Waals surface area contributed by atoms with Crippen molar-refractivity contribution in [3.05, 3.63) is 41.4 Å². The molecule has 1 unspecified atom stereocenters. The first-order valence-electron chi connectivity index (χ1n) is 15.1. The smallest absolute Gasteiger partial charge is 0.408 e. The van der Waals surface area contributed by atoms with E-state index in [-0.39, 0.29) is 36.3 Å². The lowest BCUT2D eigenvalue weighted by molar-refractivity contribution is -0.148. The summed E-state index contributed by atoms with van der Waals surface area (Å²) in [4.78, 5) is 54.8. The van der Waals surface area contributed by atoms with Crippen molar-refractivity contribution in [3.8, 4) is 0 Å². The number of alkyl carbamates (subject to hydrolysis) is 1. The number of halogens is 1. The Hall–Kier alpha value is -2.97. The summed E-state index contributed by atoms with van der Waals surface area (Å²) in [5.74, 6) is -1.11. The van der Waals surface area contributed by atoms with E-state index >= 15 is 0 Å². The van der Waals surface area contributed by atoms with Gasteiger partial charge in [0.25, 0.3) is 10.1 Å². The Morgan fingerprint density at radius 1 is 1.07 bits per heavy atom. The maximum atomic E-state index is 14.2. The molecule has 8 atom stereocenters. The zero-order valence-electron chi connectivity index (χ0n) is 25.8. The molecule has 14 heteroatoms. The van der Waals surface area contributed by atoms with Gasteiger partial charge < -0.3 is 25.0 Å². The Morgan fingerprint density at radius 2 is 1.71 bits per heavy atom. The van der Waals surface area contributed by atoms with Gasteiger partial charge in [0.15, 0.2) is 0 Å². The predicted octanol–water partition coefficient (Wildman–Crippen LogP) is 3.30. The van der Waals surface area contributed by atoms with Gasteiger partial charge in [0, 0.05) is 23.4 Å². The van der Waals surface area contributed by atoms with Crippen molar-refractivity contribution in [2.45, 2.75) is 87.6 Å². The fraction of sp³-hybridized carbons (Fsp3) is 0.613. The molecule has 0 spiro atoms. The number of nitrogens with one attached hydrogen (secondary N) is 2. The largest absolute Gasteiger partial charge is 0.467 e. The van der Waals surface area contributed by atoms with Gasteiger partial charge in [-0.15, -0.1) is 6.58 Å². The van der Waals surface area contributed by atoms with Crippen molar-refractivity contribution in [2.24, 2.45) is 23.2 Å². The fourth-order valence-corrected chi connectivity index (χ4v) is 7.90. The molecule has 2 N–H and O–H groups in total. The summed E-state index contributed by atoms with van der Waals surface area (Å²) >= 11 is 3.27. The van der Waals surface area contributed by atoms with E-state index in [0.717, 1.165) is 19.3 Å². The minimum atomic E-state index is -4.26. The van der Waals surface area contributed by atoms with Crippen LogP contribution in [0.25, 0.3) is 0 Å². The van der Waals surface area contributed by atoms with Gasteiger partial charge in [-0.1, -0.05) is 42.8 Å². The van der Waals surface area contributed by atoms with Crippen molar-refractivity contribution in [1.29, 1.82) is 0 Å². The molecule has 12 nitrogen and oxygen atoms in total. The van der Waals surface area contributed by atoms with Crippen LogP contribution in [-0.2, 0) is 38.2 Å². The van der Waals surface area contributed by atoms with Gasteiger partial charge in [0.05, 0.1) is 18.1 Å². The van der Waals surface area contributed by atoms with Crippen LogP contribution in [0.3, 0.4) is 0 Å². The van der Waals surface area contributed by atoms with E-state index in [1.807, 2.05) is 0 Å². The third-order valence-corrected chi connectivity index (χ3v) is 11.2. The number of nitrogens with zero attached hydrogens (tertiary/aromatic N) is 1. The van der Waals surface area contributed by atoms with Gasteiger partial charge >= 0.3 is 12.1 Å². The van der Waals surface area contributed by atoms with Crippen LogP contribution in [0.4, 0.5) is 4.79 Å². The number of ether oxygens (including phenoxy) is 2. The molecule has 246 valence electrons. The van der Waals surface area contributed by atoms with Crippen LogP contribution in [0.5, 0.6) is 0 Å². The topological polar surface area (TPSA) is 157 Å². The van der Waals surface area contributed by atoms with Crippen molar-refractivity contribution in [3.63, 3.8) is 0 Å². The molecule has 0 radical (unpaired) electrons. The number of benzene rings is 1. The first-order chi connectivity index (χ1) is 21.1. The molecule has 5 rings (SSSR count). The summed E-state index contributed by atoms with van der Waals surface area (Å²) in [5.41, 5.74) is -2.15. The number of hydrogen-bond donors (Lipinski definition) is 2. The number of likely N-dealkylation sites (tertiary alicyclic amines) is 1. The summed E-state index contributed by atoms with van der Waals surface area (Å²) in [5, 5.41) is 5.45. The molecule has 0 bridgehead atoms. The molecular formula is C31H40BrN3O9S. The summed E-state index contributed by atoms with van der Waals surface area (Å²) in [6, 6.07) is 3.55. The third-order valence-electron chi connectivity index (χ3n) is 9.26. The van der Waals surface area contributed by atoms with Gasteiger partial charge in [-0.3, -0.25) is 13.8 Å². The van der Waals surface area contributed by atoms with Crippen LogP contribution < -0.4 is 10.6 Å². The van der Waals surface area contributed by atoms with Crippen LogP contribution in [0, 0.1) is 23.2 Å². The Bertz CT molecular complexity index is 1470. The molecule has 4 fully saturated rings. The highest BCUT2D eigenvalue weighted by Gasteiger charge is 2.62. The molecule has 3 amide bonds. The number of amides is 3. The zero-order valence-corrected chi connectivity index (χ0v) is 28.2. The lowest BCUT2D eigenvalue weighted by Crippen LogP contribution is -2.59. The molecule has 3 aliphatic carbocycles. The van der Waals surface area contributed by atoms with E-state index in [0.29, 0.717) is 16.3 Å². The molecule has 1 aromatic rings. The van der Waals surface area contributed by atoms with Crippen molar-refractivity contribution >= 4 is 49.9 Å². The molecular weight excluding hydrogens is 670 g/mol. The van der Waals surface area contributed by atoms with Gasteiger partial charge in [-0.25, -0.2) is 9.59 Å². The summed E-state index contributed by atoms with van der Waals surface area (Å²) < 4.78 is 43.1. The van der Waals surface area contributed by atoms with Crippen LogP contribution in [-0.4, -0.2) is 80.7 Å². The zero-order chi connectivity index (χ0) is 32.9. The summed E-state index contributed by atoms with van der Waals surface area (Å²) in [6.45, 7) is 8.77. The average molecular weight is 711 g/mol. The van der Waals surface area contributed by atoms with Crippen LogP contribution in [0.2, 0.25) is 0 Å². The van der Waals surface area contributed by atoms with Gasteiger partial charge in [0.2, 0.25) is 11.8 Å². The van der Waals surface area contributed by atoms with E-state index in [1.165, 1.54) is 24.1 Å². The Balaban J connectivity index is 1.37. The lowest BCUT2D eigenvalue weighted by Gasteiger charge is -2.35. The second kappa shape index (κ2) is 12.3. The number of carbonyl (C=O) groups excluding carboxylic acids is 4. The molecule has 1 heterocycles. The number of carbonyl (C=O) groups is 4. The van der Waals surface area contributed by atoms with Crippen LogP contribution in [0.1, 0.15) is 52.9 Å². The molecule has 4 aliphatic rings. The number of rotatable bonds is 10. The SMILES string of the molecule is C=C[C@@H]1C[C@]1(NC(=O)[C@@H]1C[C@@H](OS(=O)(=O)c2ccc(Br)cc2)CN1C(=O)[C@@H](NC(=O)OC1C[C@@H]2C[C@@H]2C1)C(C)(C)C)C(=O)OC. The van der Waals surface area contributed by atoms with Crippen LogP contribution >= 0.6 is 15.9 Å². The van der Waals surface area contributed by atoms with E-state index in [4.69, 9.17) is 13.7 Å². The first kappa shape index (κ1) is 33.4. The molecule has 0 aromatic heterocycles. The minimum Gasteiger partial charge on any atom is -0.467 e. The normalized spacial score (nSPS) is 30.9. The van der Waals surface area contributed by atoms with Crippen molar-refractivity contribution in [2.75, 3.05) is 13.7 Å². The predicted molar refractivity (Wildman–Crippen MR) is 165 cm³/mol. The van der Waals surface area contributed by atoms with E-state index in [9.17, 15) is 27.6 Å². The lowest BCUT2D eigenvalue weighted by atomic mass is 9.85. The average Bonchev–Trinajstić information content (AvgIpc) is 3.78. The summed E-state index contributed by atoms with van der Waals surface area (Å²) in [6.07, 6.45) is 2.40. The number of hydrogen-bond acceptors (Lipinski definition) is 9. The Morgan fingerprint density at radius 3 is 2.27 bits per heavy atom. The quantitative estimate of drug-likeness (QED) is 0.211. The number of fused-ring (bicyclic) bond motifs is 1. The molecule has 1 aromatic carbocycles. The van der Waals surface area contributed by atoms with Gasteiger partial charge in [0.1, 0.15) is 23.7 Å². The number of methoxy groups -OCH3 is 1. The second-order valence-electron chi connectivity index (χ2n) is 13.6. The van der Waals surface area contributed by atoms with Crippen molar-refractivity contribution in [1.82, 2.24) is 15.5 Å². The Labute approximate surface area is 271 Å². The third kappa shape index (κ3) is 7.07. The van der Waals surface area contributed by atoms with E-state index < -0.39 is 63.1 Å². The second-order valence-corrected chi connectivity index (χ2v) is 16.1. The molecule has 1 saturated heterocycles. The van der Waals surface area contributed by atoms with E-state index in [1.54, 1.807) is 39.0 Å². The monoisotopic (exact) mass is 709 g/mol. The fourth-order valence-electron chi connectivity index (χ4n) is 6.56. The van der Waals surface area contributed by atoms with Crippen molar-refractivity contribution < 1.29 is 41.3 Å². The highest BCUT2D eigenvalue weighted by atomic mass is 79.9. The summed E-state index contributed by atoms with van der Waals surface area (Å²) in [7, 11) is -3.05. The highest BCUT2D eigenvalue weighted by Crippen LogP contribution is 2.52. The van der Waals surface area contributed by atoms with E-state index in [2.05, 4.69) is 33.1 Å². The minimum absolute atomic E-state index is 0.0885. The maximum Gasteiger partial charge on any atom is 0.408 e.